The Balaban J connectivity index is 1.95. The third-order valence-electron chi connectivity index (χ3n) is 1.92. The van der Waals surface area contributed by atoms with Crippen LogP contribution < -0.4 is 4.74 Å². The summed E-state index contributed by atoms with van der Waals surface area (Å²) >= 11 is 0. The van der Waals surface area contributed by atoms with E-state index in [1.54, 1.807) is 4.68 Å². The zero-order valence-corrected chi connectivity index (χ0v) is 8.05. The summed E-state index contributed by atoms with van der Waals surface area (Å²) in [6.07, 6.45) is 1.86. The summed E-state index contributed by atoms with van der Waals surface area (Å²) in [4.78, 5) is 0. The maximum absolute atomic E-state index is 5.48. The van der Waals surface area contributed by atoms with E-state index in [9.17, 15) is 0 Å². The molecule has 0 atom stereocenters. The van der Waals surface area contributed by atoms with E-state index < -0.39 is 0 Å². The maximum atomic E-state index is 5.48. The lowest BCUT2D eigenvalue weighted by Gasteiger charge is -2.01. The van der Waals surface area contributed by atoms with Gasteiger partial charge >= 0.3 is 0 Å². The van der Waals surface area contributed by atoms with Gasteiger partial charge in [0.2, 0.25) is 5.88 Å². The molecule has 3 nitrogen and oxygen atoms in total. The fourth-order valence-electron chi connectivity index (χ4n) is 1.20. The summed E-state index contributed by atoms with van der Waals surface area (Å²) in [6, 6.07) is 11.9. The molecule has 1 heterocycles. The highest BCUT2D eigenvalue weighted by Crippen LogP contribution is 2.08. The van der Waals surface area contributed by atoms with Gasteiger partial charge in [-0.05, 0) is 5.56 Å². The molecule has 0 spiro atoms. The first-order chi connectivity index (χ1) is 6.84. The lowest BCUT2D eigenvalue weighted by atomic mass is 10.2. The monoisotopic (exact) mass is 188 g/mol. The highest BCUT2D eigenvalue weighted by molar-refractivity contribution is 5.15. The number of aryl methyl sites for hydroxylation is 1. The van der Waals surface area contributed by atoms with Gasteiger partial charge in [0.15, 0.2) is 0 Å². The van der Waals surface area contributed by atoms with Crippen LogP contribution in [0.1, 0.15) is 5.56 Å². The fraction of sp³-hybridized carbons (Fsp3) is 0.182. The lowest BCUT2D eigenvalue weighted by Crippen LogP contribution is -1.96. The van der Waals surface area contributed by atoms with Crippen LogP contribution in [0.4, 0.5) is 0 Å². The molecule has 0 aliphatic heterocycles. The van der Waals surface area contributed by atoms with Crippen molar-refractivity contribution in [3.63, 3.8) is 0 Å². The van der Waals surface area contributed by atoms with Gasteiger partial charge in [-0.2, -0.15) is 0 Å². The Morgan fingerprint density at radius 1 is 1.21 bits per heavy atom. The Kier molecular flexibility index (Phi) is 2.49. The molecular formula is C11H12N2O. The summed E-state index contributed by atoms with van der Waals surface area (Å²) < 4.78 is 7.20. The standard InChI is InChI=1S/C11H12N2O/c1-13-8-7-11(12-13)14-9-10-5-3-2-4-6-10/h2-8H,9H2,1H3. The molecule has 0 amide bonds. The maximum Gasteiger partial charge on any atom is 0.233 e. The Hall–Kier alpha value is -1.77. The number of aromatic nitrogens is 2. The number of nitrogens with zero attached hydrogens (tertiary/aromatic N) is 2. The summed E-state index contributed by atoms with van der Waals surface area (Å²) in [7, 11) is 1.87. The molecule has 0 unspecified atom stereocenters. The van der Waals surface area contributed by atoms with Crippen LogP contribution in [0.15, 0.2) is 42.6 Å². The van der Waals surface area contributed by atoms with Crippen LogP contribution in [0.3, 0.4) is 0 Å². The normalized spacial score (nSPS) is 10.1. The molecule has 2 rings (SSSR count). The molecule has 0 saturated heterocycles. The molecule has 0 fully saturated rings. The van der Waals surface area contributed by atoms with Crippen molar-refractivity contribution < 1.29 is 4.74 Å². The van der Waals surface area contributed by atoms with Crippen LogP contribution in [-0.4, -0.2) is 9.78 Å². The average molecular weight is 188 g/mol. The summed E-state index contributed by atoms with van der Waals surface area (Å²) in [5.74, 6) is 0.663. The second kappa shape index (κ2) is 3.96. The second-order valence-electron chi connectivity index (χ2n) is 3.10. The second-order valence-corrected chi connectivity index (χ2v) is 3.10. The third kappa shape index (κ3) is 2.13. The minimum Gasteiger partial charge on any atom is -0.472 e. The van der Waals surface area contributed by atoms with Crippen molar-refractivity contribution in [1.82, 2.24) is 9.78 Å². The van der Waals surface area contributed by atoms with Gasteiger partial charge < -0.3 is 4.74 Å². The Morgan fingerprint density at radius 2 is 2.00 bits per heavy atom. The molecule has 0 aliphatic rings. The van der Waals surface area contributed by atoms with Crippen LogP contribution in [0.5, 0.6) is 5.88 Å². The van der Waals surface area contributed by atoms with Gasteiger partial charge in [0.05, 0.1) is 0 Å². The molecule has 1 aromatic heterocycles. The van der Waals surface area contributed by atoms with Gasteiger partial charge in [0, 0.05) is 19.3 Å². The summed E-state index contributed by atoms with van der Waals surface area (Å²) in [6.45, 7) is 0.567. The van der Waals surface area contributed by atoms with Crippen molar-refractivity contribution in [1.29, 1.82) is 0 Å². The highest BCUT2D eigenvalue weighted by atomic mass is 16.5. The number of ether oxygens (including phenoxy) is 1. The first kappa shape index (κ1) is 8.81. The Labute approximate surface area is 82.9 Å². The van der Waals surface area contributed by atoms with Crippen molar-refractivity contribution >= 4 is 0 Å². The van der Waals surface area contributed by atoms with Crippen LogP contribution in [0.2, 0.25) is 0 Å². The quantitative estimate of drug-likeness (QED) is 0.736. The minimum absolute atomic E-state index is 0.567. The van der Waals surface area contributed by atoms with Crippen molar-refractivity contribution in [2.45, 2.75) is 6.61 Å². The number of benzene rings is 1. The van der Waals surface area contributed by atoms with Gasteiger partial charge in [0.25, 0.3) is 0 Å². The molecule has 72 valence electrons. The molecule has 0 aliphatic carbocycles. The van der Waals surface area contributed by atoms with E-state index in [1.165, 1.54) is 0 Å². The SMILES string of the molecule is Cn1ccc(OCc2ccccc2)n1. The van der Waals surface area contributed by atoms with Crippen molar-refractivity contribution in [2.75, 3.05) is 0 Å². The lowest BCUT2D eigenvalue weighted by molar-refractivity contribution is 0.291. The largest absolute Gasteiger partial charge is 0.472 e. The van der Waals surface area contributed by atoms with Crippen molar-refractivity contribution in [2.24, 2.45) is 7.05 Å². The van der Waals surface area contributed by atoms with E-state index in [-0.39, 0.29) is 0 Å². The highest BCUT2D eigenvalue weighted by Gasteiger charge is 1.97. The molecule has 3 heteroatoms. The molecule has 2 aromatic rings. The van der Waals surface area contributed by atoms with E-state index in [1.807, 2.05) is 49.6 Å². The molecule has 0 bridgehead atoms. The third-order valence-corrected chi connectivity index (χ3v) is 1.92. The Bertz CT molecular complexity index is 395. The van der Waals surface area contributed by atoms with Crippen LogP contribution in [0, 0.1) is 0 Å². The van der Waals surface area contributed by atoms with Gasteiger partial charge in [0.1, 0.15) is 6.61 Å². The molecule has 0 radical (unpaired) electrons. The van der Waals surface area contributed by atoms with E-state index in [4.69, 9.17) is 4.74 Å². The van der Waals surface area contributed by atoms with Gasteiger partial charge in [-0.25, -0.2) is 0 Å². The van der Waals surface area contributed by atoms with Crippen LogP contribution in [-0.2, 0) is 13.7 Å². The Morgan fingerprint density at radius 3 is 2.64 bits per heavy atom. The molecule has 0 saturated carbocycles. The number of rotatable bonds is 3. The predicted octanol–water partition coefficient (Wildman–Crippen LogP) is 2.00. The molecular weight excluding hydrogens is 176 g/mol. The first-order valence-electron chi connectivity index (χ1n) is 4.51. The molecule has 1 aromatic carbocycles. The van der Waals surface area contributed by atoms with E-state index in [0.29, 0.717) is 12.5 Å². The number of hydrogen-bond acceptors (Lipinski definition) is 2. The summed E-state index contributed by atoms with van der Waals surface area (Å²) in [5, 5.41) is 4.12. The fourth-order valence-corrected chi connectivity index (χ4v) is 1.20. The topological polar surface area (TPSA) is 27.1 Å². The first-order valence-corrected chi connectivity index (χ1v) is 4.51. The van der Waals surface area contributed by atoms with Crippen LogP contribution in [0.25, 0.3) is 0 Å². The summed E-state index contributed by atoms with van der Waals surface area (Å²) in [5.41, 5.74) is 1.15. The zero-order valence-electron chi connectivity index (χ0n) is 8.05. The van der Waals surface area contributed by atoms with Gasteiger partial charge in [-0.15, -0.1) is 5.10 Å². The minimum atomic E-state index is 0.567. The smallest absolute Gasteiger partial charge is 0.233 e. The van der Waals surface area contributed by atoms with E-state index in [2.05, 4.69) is 5.10 Å². The average Bonchev–Trinajstić information content (AvgIpc) is 2.63. The van der Waals surface area contributed by atoms with Gasteiger partial charge in [-0.1, -0.05) is 30.3 Å². The predicted molar refractivity (Wildman–Crippen MR) is 54.0 cm³/mol. The van der Waals surface area contributed by atoms with Crippen LogP contribution >= 0.6 is 0 Å². The molecule has 14 heavy (non-hydrogen) atoms. The van der Waals surface area contributed by atoms with Crippen molar-refractivity contribution in [3.8, 4) is 5.88 Å². The van der Waals surface area contributed by atoms with E-state index in [0.717, 1.165) is 5.56 Å². The molecule has 0 N–H and O–H groups in total. The number of hydrogen-bond donors (Lipinski definition) is 0. The zero-order chi connectivity index (χ0) is 9.80. The van der Waals surface area contributed by atoms with Crippen molar-refractivity contribution in [3.05, 3.63) is 48.2 Å². The van der Waals surface area contributed by atoms with Gasteiger partial charge in [-0.3, -0.25) is 4.68 Å². The van der Waals surface area contributed by atoms with E-state index >= 15 is 0 Å².